The van der Waals surface area contributed by atoms with Crippen LogP contribution < -0.4 is 4.74 Å². The quantitative estimate of drug-likeness (QED) is 0.197. The molecule has 48 heavy (non-hydrogen) atoms. The van der Waals surface area contributed by atoms with Crippen LogP contribution in [0.5, 0.6) is 11.5 Å². The van der Waals surface area contributed by atoms with Crippen LogP contribution in [0.4, 0.5) is 0 Å². The van der Waals surface area contributed by atoms with E-state index in [1.165, 1.54) is 16.5 Å². The highest BCUT2D eigenvalue weighted by molar-refractivity contribution is 6.15. The van der Waals surface area contributed by atoms with Crippen molar-refractivity contribution >= 4 is 32.7 Å². The molecule has 0 saturated heterocycles. The van der Waals surface area contributed by atoms with Crippen molar-refractivity contribution < 1.29 is 13.6 Å². The second-order valence-corrected chi connectivity index (χ2v) is 12.4. The van der Waals surface area contributed by atoms with E-state index in [-0.39, 0.29) is 0 Å². The van der Waals surface area contributed by atoms with Crippen molar-refractivity contribution in [3.05, 3.63) is 192 Å². The maximum atomic E-state index is 6.71. The van der Waals surface area contributed by atoms with Crippen LogP contribution in [0, 0.1) is 0 Å². The lowest BCUT2D eigenvalue weighted by molar-refractivity contribution is 0.434. The molecule has 3 heterocycles. The fourth-order valence-electron chi connectivity index (χ4n) is 7.72. The van der Waals surface area contributed by atoms with Gasteiger partial charge in [-0.25, -0.2) is 0 Å². The van der Waals surface area contributed by atoms with Crippen molar-refractivity contribution in [1.82, 2.24) is 0 Å². The molecule has 10 rings (SSSR count). The topological polar surface area (TPSA) is 35.5 Å². The smallest absolute Gasteiger partial charge is 0.136 e. The minimum atomic E-state index is -0.554. The molecular formula is C45H28O3. The van der Waals surface area contributed by atoms with Gasteiger partial charge in [0.25, 0.3) is 0 Å². The van der Waals surface area contributed by atoms with Gasteiger partial charge in [-0.3, -0.25) is 0 Å². The van der Waals surface area contributed by atoms with E-state index in [1.54, 1.807) is 0 Å². The Hall–Kier alpha value is -6.32. The van der Waals surface area contributed by atoms with Gasteiger partial charge in [-0.2, -0.15) is 0 Å². The molecule has 0 amide bonds. The second kappa shape index (κ2) is 10.3. The molecule has 1 aliphatic heterocycles. The Labute approximate surface area is 277 Å². The van der Waals surface area contributed by atoms with Gasteiger partial charge in [-0.1, -0.05) is 127 Å². The molecule has 0 N–H and O–H groups in total. The molecule has 2 aromatic heterocycles. The molecule has 0 radical (unpaired) electrons. The summed E-state index contributed by atoms with van der Waals surface area (Å²) in [5.74, 6) is 3.22. The second-order valence-electron chi connectivity index (χ2n) is 12.4. The van der Waals surface area contributed by atoms with Crippen molar-refractivity contribution in [3.8, 4) is 34.1 Å². The van der Waals surface area contributed by atoms with Gasteiger partial charge in [0.15, 0.2) is 0 Å². The van der Waals surface area contributed by atoms with Gasteiger partial charge in [-0.05, 0) is 64.4 Å². The molecule has 0 fully saturated rings. The number of fused-ring (bicyclic) bond motifs is 6. The first kappa shape index (κ1) is 26.9. The highest BCUT2D eigenvalue weighted by Crippen LogP contribution is 2.55. The third-order valence-electron chi connectivity index (χ3n) is 9.83. The zero-order valence-corrected chi connectivity index (χ0v) is 25.9. The zero-order chi connectivity index (χ0) is 31.7. The summed E-state index contributed by atoms with van der Waals surface area (Å²) in [4.78, 5) is 0. The highest BCUT2D eigenvalue weighted by Gasteiger charge is 2.45. The largest absolute Gasteiger partial charge is 0.457 e. The highest BCUT2D eigenvalue weighted by atomic mass is 16.5. The van der Waals surface area contributed by atoms with E-state index in [0.29, 0.717) is 0 Å². The Bertz CT molecular complexity index is 2600. The normalized spacial score (nSPS) is 13.3. The number of furan rings is 2. The van der Waals surface area contributed by atoms with Crippen LogP contribution in [-0.2, 0) is 5.41 Å². The number of benzene rings is 7. The monoisotopic (exact) mass is 616 g/mol. The molecule has 0 aliphatic carbocycles. The molecule has 0 atom stereocenters. The van der Waals surface area contributed by atoms with E-state index in [1.807, 2.05) is 24.3 Å². The van der Waals surface area contributed by atoms with E-state index in [0.717, 1.165) is 72.6 Å². The van der Waals surface area contributed by atoms with Crippen molar-refractivity contribution in [2.24, 2.45) is 0 Å². The average Bonchev–Trinajstić information content (AvgIpc) is 3.79. The summed E-state index contributed by atoms with van der Waals surface area (Å²) < 4.78 is 19.7. The molecule has 1 aliphatic rings. The number of hydrogen-bond donors (Lipinski definition) is 0. The van der Waals surface area contributed by atoms with Crippen LogP contribution in [0.2, 0.25) is 0 Å². The molecule has 0 saturated carbocycles. The third kappa shape index (κ3) is 3.88. The fourth-order valence-corrected chi connectivity index (χ4v) is 7.72. The van der Waals surface area contributed by atoms with Crippen molar-refractivity contribution in [2.75, 3.05) is 0 Å². The lowest BCUT2D eigenvalue weighted by atomic mass is 9.63. The molecule has 9 aromatic rings. The van der Waals surface area contributed by atoms with Crippen LogP contribution in [0.25, 0.3) is 55.4 Å². The first-order valence-corrected chi connectivity index (χ1v) is 16.2. The predicted octanol–water partition coefficient (Wildman–Crippen LogP) is 12.2. The first-order valence-electron chi connectivity index (χ1n) is 16.2. The van der Waals surface area contributed by atoms with Gasteiger partial charge >= 0.3 is 0 Å². The Kier molecular flexibility index (Phi) is 5.79. The molecule has 3 nitrogen and oxygen atoms in total. The summed E-state index contributed by atoms with van der Waals surface area (Å²) >= 11 is 0. The lowest BCUT2D eigenvalue weighted by Gasteiger charge is -2.41. The Morgan fingerprint density at radius 1 is 0.417 bits per heavy atom. The maximum absolute atomic E-state index is 6.71. The van der Waals surface area contributed by atoms with Crippen LogP contribution in [0.15, 0.2) is 179 Å². The SMILES string of the molecule is c1ccc(C2(c3ccccc3)c3ccccc3Oc3cc(-c4ccc(-c5cccc6oc7cc8ccccc8cc7c56)o4)ccc32)cc1. The number of hydrogen-bond acceptors (Lipinski definition) is 3. The van der Waals surface area contributed by atoms with Crippen LogP contribution in [0.3, 0.4) is 0 Å². The minimum Gasteiger partial charge on any atom is -0.457 e. The number of rotatable bonds is 4. The van der Waals surface area contributed by atoms with E-state index in [4.69, 9.17) is 13.6 Å². The molecule has 0 bridgehead atoms. The fraction of sp³-hybridized carbons (Fsp3) is 0.0222. The standard InChI is InChI=1S/C45H28O3/c1-3-14-32(15-4-1)45(33-16-5-2-6-17-33)36-19-9-10-20-40(36)47-43-28-31(22-23-37(43)45)38-24-25-39(46-38)34-18-11-21-41-44(34)35-26-29-12-7-8-13-30(29)27-42(35)48-41/h1-28H. The summed E-state index contributed by atoms with van der Waals surface area (Å²) in [6.45, 7) is 0. The van der Waals surface area contributed by atoms with Gasteiger partial charge in [0.05, 0.1) is 5.41 Å². The van der Waals surface area contributed by atoms with E-state index < -0.39 is 5.41 Å². The molecule has 3 heteroatoms. The zero-order valence-electron chi connectivity index (χ0n) is 25.9. The van der Waals surface area contributed by atoms with Crippen LogP contribution in [-0.4, -0.2) is 0 Å². The Balaban J connectivity index is 1.13. The van der Waals surface area contributed by atoms with Crippen molar-refractivity contribution in [3.63, 3.8) is 0 Å². The lowest BCUT2D eigenvalue weighted by Crippen LogP contribution is -2.34. The van der Waals surface area contributed by atoms with Gasteiger partial charge < -0.3 is 13.6 Å². The van der Waals surface area contributed by atoms with Crippen molar-refractivity contribution in [1.29, 1.82) is 0 Å². The van der Waals surface area contributed by atoms with Gasteiger partial charge in [-0.15, -0.1) is 0 Å². The first-order chi connectivity index (χ1) is 23.8. The average molecular weight is 617 g/mol. The molecule has 0 spiro atoms. The number of para-hydroxylation sites is 1. The van der Waals surface area contributed by atoms with Gasteiger partial charge in [0.1, 0.15) is 34.2 Å². The summed E-state index contributed by atoms with van der Waals surface area (Å²) in [6.07, 6.45) is 0. The molecule has 0 unspecified atom stereocenters. The summed E-state index contributed by atoms with van der Waals surface area (Å²) in [5.41, 5.74) is 7.70. The minimum absolute atomic E-state index is 0.554. The van der Waals surface area contributed by atoms with E-state index in [2.05, 4.69) is 146 Å². The molecule has 7 aromatic carbocycles. The summed E-state index contributed by atoms with van der Waals surface area (Å²) in [7, 11) is 0. The van der Waals surface area contributed by atoms with Crippen LogP contribution in [0.1, 0.15) is 22.3 Å². The van der Waals surface area contributed by atoms with Crippen molar-refractivity contribution in [2.45, 2.75) is 5.41 Å². The molecule has 226 valence electrons. The van der Waals surface area contributed by atoms with Gasteiger partial charge in [0.2, 0.25) is 0 Å². The van der Waals surface area contributed by atoms with Gasteiger partial charge in [0, 0.05) is 33.0 Å². The van der Waals surface area contributed by atoms with E-state index in [9.17, 15) is 0 Å². The maximum Gasteiger partial charge on any atom is 0.136 e. The summed E-state index contributed by atoms with van der Waals surface area (Å²) in [6, 6.07) is 59.3. The molecular weight excluding hydrogens is 588 g/mol. The Morgan fingerprint density at radius 2 is 1.08 bits per heavy atom. The summed E-state index contributed by atoms with van der Waals surface area (Å²) in [5, 5.41) is 4.48. The van der Waals surface area contributed by atoms with E-state index >= 15 is 0 Å². The van der Waals surface area contributed by atoms with Crippen LogP contribution >= 0.6 is 0 Å². The Morgan fingerprint density at radius 3 is 1.88 bits per heavy atom. The third-order valence-corrected chi connectivity index (χ3v) is 9.83. The number of ether oxygens (including phenoxy) is 1. The predicted molar refractivity (Wildman–Crippen MR) is 193 cm³/mol.